The van der Waals surface area contributed by atoms with E-state index in [1.807, 2.05) is 35.3 Å². The third kappa shape index (κ3) is 4.93. The average Bonchev–Trinajstić information content (AvgIpc) is 3.21. The molecule has 0 radical (unpaired) electrons. The van der Waals surface area contributed by atoms with Crippen LogP contribution in [0.3, 0.4) is 0 Å². The quantitative estimate of drug-likeness (QED) is 0.648. The highest BCUT2D eigenvalue weighted by atomic mass is 16.5. The Hall–Kier alpha value is -2.60. The molecule has 2 heterocycles. The molecule has 6 nitrogen and oxygen atoms in total. The molecule has 2 fully saturated rings. The topological polar surface area (TPSA) is 59.4 Å². The van der Waals surface area contributed by atoms with Gasteiger partial charge in [-0.05, 0) is 50.3 Å². The van der Waals surface area contributed by atoms with Crippen molar-refractivity contribution in [3.8, 4) is 5.75 Å². The number of aryl methyl sites for hydroxylation is 1. The lowest BCUT2D eigenvalue weighted by molar-refractivity contribution is -0.123. The summed E-state index contributed by atoms with van der Waals surface area (Å²) in [5.74, 6) is 1.38. The molecule has 4 rings (SSSR count). The zero-order valence-electron chi connectivity index (χ0n) is 17.8. The Morgan fingerprint density at radius 3 is 2.93 bits per heavy atom. The number of rotatable bonds is 9. The van der Waals surface area contributed by atoms with Gasteiger partial charge in [0.15, 0.2) is 0 Å². The fourth-order valence-electron chi connectivity index (χ4n) is 4.60. The number of para-hydroxylation sites is 1. The summed E-state index contributed by atoms with van der Waals surface area (Å²) in [6.45, 7) is 4.72. The molecule has 1 N–H and O–H groups in total. The van der Waals surface area contributed by atoms with E-state index >= 15 is 0 Å². The molecule has 2 aliphatic rings. The second-order valence-electron chi connectivity index (χ2n) is 8.51. The van der Waals surface area contributed by atoms with Gasteiger partial charge in [-0.2, -0.15) is 0 Å². The molecule has 1 unspecified atom stereocenters. The van der Waals surface area contributed by atoms with Gasteiger partial charge in [0.25, 0.3) is 0 Å². The Balaban J connectivity index is 1.16. The molecule has 0 bridgehead atoms. The van der Waals surface area contributed by atoms with Gasteiger partial charge in [-0.1, -0.05) is 30.4 Å². The van der Waals surface area contributed by atoms with E-state index in [0.717, 1.165) is 69.7 Å². The Labute approximate surface area is 178 Å². The SMILES string of the molecule is COc1ccccc1/C=C/CN1CCC2(CC1)CC2C(=O)NCCCn1ccnc1. The van der Waals surface area contributed by atoms with E-state index in [4.69, 9.17) is 4.74 Å². The summed E-state index contributed by atoms with van der Waals surface area (Å²) in [5, 5.41) is 3.14. The number of hydrogen-bond acceptors (Lipinski definition) is 4. The second kappa shape index (κ2) is 9.47. The van der Waals surface area contributed by atoms with Gasteiger partial charge in [-0.3, -0.25) is 9.69 Å². The molecule has 2 aromatic rings. The summed E-state index contributed by atoms with van der Waals surface area (Å²) >= 11 is 0. The van der Waals surface area contributed by atoms with Crippen LogP contribution in [0.2, 0.25) is 0 Å². The number of amides is 1. The van der Waals surface area contributed by atoms with E-state index in [1.54, 1.807) is 13.3 Å². The van der Waals surface area contributed by atoms with E-state index in [2.05, 4.69) is 33.4 Å². The van der Waals surface area contributed by atoms with Gasteiger partial charge < -0.3 is 14.6 Å². The Morgan fingerprint density at radius 2 is 2.17 bits per heavy atom. The molecule has 1 aromatic heterocycles. The molecule has 1 saturated carbocycles. The van der Waals surface area contributed by atoms with E-state index in [1.165, 1.54) is 0 Å². The van der Waals surface area contributed by atoms with Crippen LogP contribution in [0.5, 0.6) is 5.75 Å². The number of nitrogens with one attached hydrogen (secondary N) is 1. The number of nitrogens with zero attached hydrogens (tertiary/aromatic N) is 3. The van der Waals surface area contributed by atoms with Gasteiger partial charge in [-0.25, -0.2) is 4.98 Å². The molecule has 1 aliphatic carbocycles. The van der Waals surface area contributed by atoms with Crippen molar-refractivity contribution in [1.82, 2.24) is 19.8 Å². The summed E-state index contributed by atoms with van der Waals surface area (Å²) in [5.41, 5.74) is 1.37. The monoisotopic (exact) mass is 408 g/mol. The third-order valence-electron chi connectivity index (χ3n) is 6.61. The minimum absolute atomic E-state index is 0.219. The minimum Gasteiger partial charge on any atom is -0.496 e. The summed E-state index contributed by atoms with van der Waals surface area (Å²) < 4.78 is 7.45. The molecular weight excluding hydrogens is 376 g/mol. The minimum atomic E-state index is 0.219. The normalized spacial score (nSPS) is 20.5. The molecule has 1 atom stereocenters. The smallest absolute Gasteiger partial charge is 0.223 e. The Bertz CT molecular complexity index is 854. The van der Waals surface area contributed by atoms with Crippen LogP contribution in [-0.4, -0.2) is 53.6 Å². The Morgan fingerprint density at radius 1 is 1.33 bits per heavy atom. The lowest BCUT2D eigenvalue weighted by Crippen LogP contribution is -2.37. The number of benzene rings is 1. The predicted molar refractivity (Wildman–Crippen MR) is 118 cm³/mol. The van der Waals surface area contributed by atoms with E-state index < -0.39 is 0 Å². The van der Waals surface area contributed by atoms with Crippen LogP contribution in [0.25, 0.3) is 6.08 Å². The zero-order chi connectivity index (χ0) is 20.8. The first-order valence-electron chi connectivity index (χ1n) is 11.0. The van der Waals surface area contributed by atoms with E-state index in [-0.39, 0.29) is 17.2 Å². The van der Waals surface area contributed by atoms with Crippen molar-refractivity contribution in [1.29, 1.82) is 0 Å². The van der Waals surface area contributed by atoms with Crippen LogP contribution in [0, 0.1) is 11.3 Å². The van der Waals surface area contributed by atoms with Gasteiger partial charge in [0.2, 0.25) is 5.91 Å². The predicted octanol–water partition coefficient (Wildman–Crippen LogP) is 3.21. The van der Waals surface area contributed by atoms with Crippen molar-refractivity contribution in [2.24, 2.45) is 11.3 Å². The summed E-state index contributed by atoms with van der Waals surface area (Å²) in [7, 11) is 1.71. The maximum absolute atomic E-state index is 12.5. The van der Waals surface area contributed by atoms with Gasteiger partial charge >= 0.3 is 0 Å². The maximum atomic E-state index is 12.5. The number of likely N-dealkylation sites (tertiary alicyclic amines) is 1. The number of methoxy groups -OCH3 is 1. The van der Waals surface area contributed by atoms with Gasteiger partial charge in [0, 0.05) is 43.5 Å². The van der Waals surface area contributed by atoms with Crippen LogP contribution in [-0.2, 0) is 11.3 Å². The largest absolute Gasteiger partial charge is 0.496 e. The van der Waals surface area contributed by atoms with Crippen molar-refractivity contribution in [3.63, 3.8) is 0 Å². The zero-order valence-corrected chi connectivity index (χ0v) is 17.8. The lowest BCUT2D eigenvalue weighted by atomic mass is 9.90. The first kappa shape index (κ1) is 20.7. The van der Waals surface area contributed by atoms with Crippen LogP contribution in [0.1, 0.15) is 31.2 Å². The number of aromatic nitrogens is 2. The van der Waals surface area contributed by atoms with Crippen molar-refractivity contribution in [2.75, 3.05) is 33.3 Å². The van der Waals surface area contributed by atoms with Crippen LogP contribution >= 0.6 is 0 Å². The van der Waals surface area contributed by atoms with Gasteiger partial charge in [0.1, 0.15) is 5.75 Å². The molecular formula is C24H32N4O2. The van der Waals surface area contributed by atoms with Gasteiger partial charge in [0.05, 0.1) is 13.4 Å². The highest BCUT2D eigenvalue weighted by Gasteiger charge is 2.58. The number of imidazole rings is 1. The van der Waals surface area contributed by atoms with E-state index in [9.17, 15) is 4.79 Å². The number of ether oxygens (including phenoxy) is 1. The van der Waals surface area contributed by atoms with Crippen molar-refractivity contribution >= 4 is 12.0 Å². The molecule has 1 aromatic carbocycles. The number of carbonyl (C=O) groups excluding carboxylic acids is 1. The lowest BCUT2D eigenvalue weighted by Gasteiger charge is -2.32. The maximum Gasteiger partial charge on any atom is 0.223 e. The second-order valence-corrected chi connectivity index (χ2v) is 8.51. The molecule has 6 heteroatoms. The fourth-order valence-corrected chi connectivity index (χ4v) is 4.60. The van der Waals surface area contributed by atoms with Gasteiger partial charge in [-0.15, -0.1) is 0 Å². The van der Waals surface area contributed by atoms with E-state index in [0.29, 0.717) is 0 Å². The molecule has 1 amide bonds. The first-order chi connectivity index (χ1) is 14.7. The Kier molecular flexibility index (Phi) is 6.53. The molecule has 160 valence electrons. The first-order valence-corrected chi connectivity index (χ1v) is 11.0. The number of hydrogen-bond donors (Lipinski definition) is 1. The van der Waals surface area contributed by atoms with Crippen molar-refractivity contribution in [2.45, 2.75) is 32.2 Å². The highest BCUT2D eigenvalue weighted by Crippen LogP contribution is 2.59. The summed E-state index contributed by atoms with van der Waals surface area (Å²) in [6, 6.07) is 8.08. The third-order valence-corrected chi connectivity index (χ3v) is 6.61. The molecule has 1 saturated heterocycles. The standard InChI is InChI=1S/C24H32N4O2/c1-30-22-8-3-2-6-20(22)7-4-13-27-15-9-24(10-16-27)18-21(24)23(29)26-11-5-14-28-17-12-25-19-28/h2-4,6-8,12,17,19,21H,5,9-11,13-16,18H2,1H3,(H,26,29)/b7-4+. The number of carbonyl (C=O) groups is 1. The average molecular weight is 409 g/mol. The van der Waals surface area contributed by atoms with Crippen molar-refractivity contribution in [3.05, 3.63) is 54.6 Å². The summed E-state index contributed by atoms with van der Waals surface area (Å²) in [4.78, 5) is 19.1. The van der Waals surface area contributed by atoms with Crippen LogP contribution in [0.15, 0.2) is 49.1 Å². The van der Waals surface area contributed by atoms with Crippen LogP contribution < -0.4 is 10.1 Å². The highest BCUT2D eigenvalue weighted by molar-refractivity contribution is 5.82. The summed E-state index contributed by atoms with van der Waals surface area (Å²) in [6.07, 6.45) is 14.2. The molecule has 1 aliphatic heterocycles. The van der Waals surface area contributed by atoms with Crippen LogP contribution in [0.4, 0.5) is 0 Å². The number of piperidine rings is 1. The molecule has 1 spiro atoms. The molecule has 30 heavy (non-hydrogen) atoms. The fraction of sp³-hybridized carbons (Fsp3) is 0.500. The van der Waals surface area contributed by atoms with Crippen molar-refractivity contribution < 1.29 is 9.53 Å².